The summed E-state index contributed by atoms with van der Waals surface area (Å²) in [5.41, 5.74) is 11.6. The molecule has 4 aromatic carbocycles. The van der Waals surface area contributed by atoms with Crippen LogP contribution < -0.4 is 24.8 Å². The first-order valence-corrected chi connectivity index (χ1v) is 16.6. The largest absolute Gasteiger partial charge is 1.00 e. The molecule has 1 unspecified atom stereocenters. The first-order valence-electron chi connectivity index (χ1n) is 15.3. The van der Waals surface area contributed by atoms with E-state index in [2.05, 4.69) is 147 Å². The summed E-state index contributed by atoms with van der Waals surface area (Å²) in [7, 11) is 0. The molecule has 0 N–H and O–H groups in total. The number of fused-ring (bicyclic) bond motifs is 5. The predicted octanol–water partition coefficient (Wildman–Crippen LogP) is 5.21. The number of halogens is 2. The molecule has 228 valence electrons. The van der Waals surface area contributed by atoms with E-state index in [1.807, 2.05) is 6.08 Å². The third kappa shape index (κ3) is 7.28. The Labute approximate surface area is 292 Å². The molecule has 0 bridgehead atoms. The standard InChI is InChI=1S/C25H25.C9H10.C7H9.2ClH.Zr/c1-14-12-24(3,4)22-8-16-7-17-9-23-19(15(2)13-25(23,5)6)11-21(17)20(16)10-18(14)22;1-2-6-9-7-4-3-5-8-9;1-6-3-4-7(2)5-6;;;/h7-13H,1-6H3;3-5,7-8H,2H2,1H3;3,5,7H,1-2H3;2*1H;/q-1;;-1;;;+2/p-2. The molecule has 0 heterocycles. The van der Waals surface area contributed by atoms with Crippen molar-refractivity contribution in [3.63, 3.8) is 0 Å². The van der Waals surface area contributed by atoms with Crippen molar-refractivity contribution in [2.45, 2.75) is 79.6 Å². The number of hydrogen-bond acceptors (Lipinski definition) is 0. The van der Waals surface area contributed by atoms with Crippen molar-refractivity contribution < 1.29 is 49.0 Å². The molecule has 4 aromatic rings. The van der Waals surface area contributed by atoms with Crippen LogP contribution in [0.15, 0.2) is 90.5 Å². The van der Waals surface area contributed by atoms with Gasteiger partial charge in [-0.15, -0.1) is 46.7 Å². The van der Waals surface area contributed by atoms with E-state index in [9.17, 15) is 0 Å². The molecular weight excluding hydrogens is 655 g/mol. The summed E-state index contributed by atoms with van der Waals surface area (Å²) in [6.07, 6.45) is 13.4. The van der Waals surface area contributed by atoms with E-state index >= 15 is 0 Å². The van der Waals surface area contributed by atoms with Gasteiger partial charge in [-0.3, -0.25) is 6.08 Å². The minimum atomic E-state index is 0. The summed E-state index contributed by atoms with van der Waals surface area (Å²) in [4.78, 5) is 0. The van der Waals surface area contributed by atoms with Gasteiger partial charge in [-0.2, -0.15) is 6.08 Å². The van der Waals surface area contributed by atoms with E-state index in [1.54, 1.807) is 3.21 Å². The van der Waals surface area contributed by atoms with E-state index in [0.29, 0.717) is 5.92 Å². The van der Waals surface area contributed by atoms with Crippen LogP contribution in [0.5, 0.6) is 0 Å². The average molecular weight is 699 g/mol. The van der Waals surface area contributed by atoms with Crippen LogP contribution in [-0.4, -0.2) is 3.21 Å². The third-order valence-electron chi connectivity index (χ3n) is 8.94. The molecular formula is C41H44Cl2Zr-2. The van der Waals surface area contributed by atoms with Crippen LogP contribution >= 0.6 is 0 Å². The van der Waals surface area contributed by atoms with Crippen LogP contribution in [0.1, 0.15) is 96.6 Å². The van der Waals surface area contributed by atoms with Gasteiger partial charge in [0.05, 0.1) is 0 Å². The zero-order chi connectivity index (χ0) is 30.4. The van der Waals surface area contributed by atoms with Crippen molar-refractivity contribution in [2.75, 3.05) is 0 Å². The van der Waals surface area contributed by atoms with Gasteiger partial charge in [0.1, 0.15) is 0 Å². The smallest absolute Gasteiger partial charge is 1.00 e. The third-order valence-corrected chi connectivity index (χ3v) is 10.5. The Morgan fingerprint density at radius 1 is 0.795 bits per heavy atom. The molecule has 0 aliphatic heterocycles. The first-order chi connectivity index (χ1) is 19.8. The molecule has 0 fully saturated rings. The molecule has 0 spiro atoms. The number of allylic oxidation sites excluding steroid dienone is 8. The molecule has 0 amide bonds. The van der Waals surface area contributed by atoms with Crippen LogP contribution in [0.2, 0.25) is 0 Å². The van der Waals surface area contributed by atoms with Crippen molar-refractivity contribution in [2.24, 2.45) is 5.92 Å². The van der Waals surface area contributed by atoms with Crippen LogP contribution in [0.3, 0.4) is 0 Å². The fraction of sp³-hybridized carbons (Fsp3) is 0.317. The number of benzene rings is 3. The molecule has 44 heavy (non-hydrogen) atoms. The second-order valence-corrected chi connectivity index (χ2v) is 14.9. The molecule has 0 saturated carbocycles. The first kappa shape index (κ1) is 36.3. The average Bonchev–Trinajstić information content (AvgIpc) is 3.63. The second-order valence-electron chi connectivity index (χ2n) is 13.4. The van der Waals surface area contributed by atoms with E-state index in [4.69, 9.17) is 0 Å². The topological polar surface area (TPSA) is 0 Å². The van der Waals surface area contributed by atoms with E-state index in [1.165, 1.54) is 96.7 Å². The van der Waals surface area contributed by atoms with Gasteiger partial charge in [0.25, 0.3) is 0 Å². The molecule has 0 saturated heterocycles. The fourth-order valence-electron chi connectivity index (χ4n) is 6.81. The van der Waals surface area contributed by atoms with Gasteiger partial charge in [0, 0.05) is 10.8 Å². The van der Waals surface area contributed by atoms with E-state index in [-0.39, 0.29) is 35.6 Å². The van der Waals surface area contributed by atoms with Gasteiger partial charge in [-0.25, -0.2) is 11.6 Å². The summed E-state index contributed by atoms with van der Waals surface area (Å²) in [6.45, 7) is 20.2. The molecule has 0 radical (unpaired) electrons. The Hall–Kier alpha value is -2.18. The van der Waals surface area contributed by atoms with Gasteiger partial charge < -0.3 is 24.8 Å². The van der Waals surface area contributed by atoms with Crippen molar-refractivity contribution >= 4 is 35.9 Å². The normalized spacial score (nSPS) is 18.0. The summed E-state index contributed by atoms with van der Waals surface area (Å²) < 4.78 is 1.55. The fourth-order valence-corrected chi connectivity index (χ4v) is 7.22. The Kier molecular flexibility index (Phi) is 11.6. The molecule has 3 heteroatoms. The molecule has 1 atom stereocenters. The Balaban J connectivity index is 0.000000231. The maximum atomic E-state index is 3.15. The molecule has 3 aliphatic rings. The van der Waals surface area contributed by atoms with Crippen molar-refractivity contribution in [3.05, 3.63) is 124 Å². The van der Waals surface area contributed by atoms with Crippen LogP contribution in [0.25, 0.3) is 32.7 Å². The Morgan fingerprint density at radius 3 is 1.64 bits per heavy atom. The van der Waals surface area contributed by atoms with Crippen LogP contribution in [-0.2, 0) is 35.1 Å². The monoisotopic (exact) mass is 696 g/mol. The predicted molar refractivity (Wildman–Crippen MR) is 182 cm³/mol. The van der Waals surface area contributed by atoms with Gasteiger partial charge >= 0.3 is 76.7 Å². The van der Waals surface area contributed by atoms with Crippen LogP contribution in [0.4, 0.5) is 0 Å². The Bertz CT molecular complexity index is 1720. The molecule has 0 aromatic heterocycles. The quantitative estimate of drug-likeness (QED) is 0.252. The van der Waals surface area contributed by atoms with Gasteiger partial charge in [0.2, 0.25) is 0 Å². The zero-order valence-electron chi connectivity index (χ0n) is 27.6. The summed E-state index contributed by atoms with van der Waals surface area (Å²) >= 11 is 1.54. The minimum absolute atomic E-state index is 0. The zero-order valence-corrected chi connectivity index (χ0v) is 31.6. The van der Waals surface area contributed by atoms with Crippen molar-refractivity contribution in [1.82, 2.24) is 0 Å². The van der Waals surface area contributed by atoms with E-state index < -0.39 is 0 Å². The van der Waals surface area contributed by atoms with Crippen LogP contribution in [0, 0.1) is 12.0 Å². The number of rotatable bonds is 2. The molecule has 0 nitrogen and oxygen atoms in total. The van der Waals surface area contributed by atoms with Crippen molar-refractivity contribution in [3.8, 4) is 0 Å². The summed E-state index contributed by atoms with van der Waals surface area (Å²) in [5, 5.41) is 5.57. The Morgan fingerprint density at radius 2 is 1.27 bits per heavy atom. The minimum Gasteiger partial charge on any atom is -1.00 e. The maximum Gasteiger partial charge on any atom is -1.00 e. The summed E-state index contributed by atoms with van der Waals surface area (Å²) in [5.74, 6) is 0.556. The maximum absolute atomic E-state index is 3.15. The van der Waals surface area contributed by atoms with Crippen molar-refractivity contribution in [1.29, 1.82) is 0 Å². The van der Waals surface area contributed by atoms with Gasteiger partial charge in [-0.05, 0) is 36.1 Å². The summed E-state index contributed by atoms with van der Waals surface area (Å²) in [6, 6.07) is 22.7. The van der Waals surface area contributed by atoms with Gasteiger partial charge in [0.15, 0.2) is 0 Å². The van der Waals surface area contributed by atoms with Gasteiger partial charge in [-0.1, -0.05) is 75.9 Å². The molecule has 7 rings (SSSR count). The van der Waals surface area contributed by atoms with E-state index in [0.717, 1.165) is 0 Å². The SMILES string of the molecule is CC1=CC(C)(C)c2cc3[cH-]c4cc5c(cc4c3cc21)C(C)=CC5(C)C.CC1=CC(C)[C-]=C1.CC[C](=[Zr+2])c1ccccc1.[Cl-].[Cl-]. The molecule has 3 aliphatic carbocycles. The second kappa shape index (κ2) is 14.1. The number of hydrogen-bond donors (Lipinski definition) is 0.